The van der Waals surface area contributed by atoms with Crippen molar-refractivity contribution in [2.45, 2.75) is 11.8 Å². The molecule has 0 aromatic heterocycles. The van der Waals surface area contributed by atoms with Gasteiger partial charge in [0.15, 0.2) is 0 Å². The van der Waals surface area contributed by atoms with E-state index >= 15 is 0 Å². The fraction of sp³-hybridized carbons (Fsp3) is 0.0952. The van der Waals surface area contributed by atoms with Crippen LogP contribution in [0.5, 0.6) is 0 Å². The highest BCUT2D eigenvalue weighted by molar-refractivity contribution is 6.34. The number of benzene rings is 3. The first-order valence-electron chi connectivity index (χ1n) is 7.92. The lowest BCUT2D eigenvalue weighted by Crippen LogP contribution is -2.29. The van der Waals surface area contributed by atoms with E-state index < -0.39 is 0 Å². The molecule has 2 bridgehead atoms. The highest BCUT2D eigenvalue weighted by Crippen LogP contribution is 2.58. The third-order valence-electron chi connectivity index (χ3n) is 5.30. The van der Waals surface area contributed by atoms with Gasteiger partial charge in [0.25, 0.3) is 0 Å². The van der Waals surface area contributed by atoms with Crippen LogP contribution in [0.15, 0.2) is 54.6 Å². The van der Waals surface area contributed by atoms with E-state index in [9.17, 15) is 5.26 Å². The minimum atomic E-state index is 0.0421. The maximum atomic E-state index is 9.68. The van der Waals surface area contributed by atoms with E-state index in [-0.39, 0.29) is 11.8 Å². The van der Waals surface area contributed by atoms with Crippen molar-refractivity contribution in [1.29, 1.82) is 5.26 Å². The Hall–Kier alpha value is -2.76. The van der Waals surface area contributed by atoms with E-state index in [2.05, 4.69) is 54.6 Å². The number of nitrogens with two attached hydrogens (primary N) is 1. The summed E-state index contributed by atoms with van der Waals surface area (Å²) in [7, 11) is 0. The molecule has 0 spiro atoms. The molecule has 3 heteroatoms. The van der Waals surface area contributed by atoms with Crippen molar-refractivity contribution in [1.82, 2.24) is 0 Å². The predicted octanol–water partition coefficient (Wildman–Crippen LogP) is 4.78. The molecule has 0 saturated carbocycles. The Labute approximate surface area is 145 Å². The van der Waals surface area contributed by atoms with Gasteiger partial charge in [-0.25, -0.2) is 0 Å². The molecule has 3 aliphatic rings. The molecular formula is C21H13ClN2. The van der Waals surface area contributed by atoms with Gasteiger partial charge in [0, 0.05) is 11.8 Å². The van der Waals surface area contributed by atoms with E-state index in [0.717, 1.165) is 11.1 Å². The number of rotatable bonds is 0. The fourth-order valence-corrected chi connectivity index (χ4v) is 4.70. The van der Waals surface area contributed by atoms with Crippen molar-refractivity contribution in [2.75, 3.05) is 5.73 Å². The van der Waals surface area contributed by atoms with Crippen molar-refractivity contribution >= 4 is 17.3 Å². The van der Waals surface area contributed by atoms with E-state index in [4.69, 9.17) is 17.3 Å². The van der Waals surface area contributed by atoms with Gasteiger partial charge >= 0.3 is 0 Å². The molecule has 0 amide bonds. The van der Waals surface area contributed by atoms with Crippen LogP contribution in [-0.4, -0.2) is 0 Å². The minimum Gasteiger partial charge on any atom is -0.397 e. The van der Waals surface area contributed by atoms with E-state index in [1.807, 2.05) is 0 Å². The number of nitrogen functional groups attached to an aromatic ring is 1. The third-order valence-corrected chi connectivity index (χ3v) is 5.73. The fourth-order valence-electron chi connectivity index (χ4n) is 4.43. The van der Waals surface area contributed by atoms with Crippen LogP contribution in [0.25, 0.3) is 0 Å². The van der Waals surface area contributed by atoms with Gasteiger partial charge in [-0.05, 0) is 39.4 Å². The highest BCUT2D eigenvalue weighted by Gasteiger charge is 2.43. The van der Waals surface area contributed by atoms with Crippen molar-refractivity contribution in [3.05, 3.63) is 98.6 Å². The topological polar surface area (TPSA) is 49.8 Å². The summed E-state index contributed by atoms with van der Waals surface area (Å²) in [5.74, 6) is 0.0886. The average Bonchev–Trinajstić information content (AvgIpc) is 2.64. The van der Waals surface area contributed by atoms with Crippen LogP contribution in [0.4, 0.5) is 5.69 Å². The number of nitriles is 1. The maximum absolute atomic E-state index is 9.68. The van der Waals surface area contributed by atoms with Crippen molar-refractivity contribution in [3.8, 4) is 6.07 Å². The van der Waals surface area contributed by atoms with Crippen molar-refractivity contribution in [2.24, 2.45) is 0 Å². The van der Waals surface area contributed by atoms with Gasteiger partial charge in [-0.3, -0.25) is 0 Å². The molecule has 0 aliphatic heterocycles. The van der Waals surface area contributed by atoms with E-state index in [1.165, 1.54) is 22.3 Å². The largest absolute Gasteiger partial charge is 0.397 e. The Morgan fingerprint density at radius 2 is 1.29 bits per heavy atom. The smallest absolute Gasteiger partial charge is 0.0995 e. The van der Waals surface area contributed by atoms with Crippen LogP contribution in [0.1, 0.15) is 50.8 Å². The normalized spacial score (nSPS) is 19.2. The van der Waals surface area contributed by atoms with Gasteiger partial charge in [-0.2, -0.15) is 5.26 Å². The van der Waals surface area contributed by atoms with Crippen LogP contribution in [-0.2, 0) is 0 Å². The second-order valence-corrected chi connectivity index (χ2v) is 6.77. The first-order chi connectivity index (χ1) is 11.7. The standard InChI is InChI=1S/C21H13ClN2/c22-21-16(24)9-11(10-23)17-18-12-5-1-3-7-14(12)19(20(17)21)15-8-4-2-6-13(15)18/h1-9,18-19H,24H2. The second-order valence-electron chi connectivity index (χ2n) is 6.39. The molecule has 0 saturated heterocycles. The Balaban J connectivity index is 1.98. The molecule has 6 rings (SSSR count). The third kappa shape index (κ3) is 1.50. The van der Waals surface area contributed by atoms with Gasteiger partial charge in [0.05, 0.1) is 22.3 Å². The quantitative estimate of drug-likeness (QED) is 0.416. The Kier molecular flexibility index (Phi) is 2.63. The lowest BCUT2D eigenvalue weighted by Gasteiger charge is -2.43. The lowest BCUT2D eigenvalue weighted by molar-refractivity contribution is 0.752. The molecule has 0 unspecified atom stereocenters. The molecule has 2 nitrogen and oxygen atoms in total. The monoisotopic (exact) mass is 328 g/mol. The zero-order valence-electron chi connectivity index (χ0n) is 12.8. The van der Waals surface area contributed by atoms with Gasteiger partial charge < -0.3 is 5.73 Å². The molecule has 114 valence electrons. The number of nitrogens with zero attached hydrogens (tertiary/aromatic N) is 1. The number of hydrogen-bond donors (Lipinski definition) is 1. The summed E-state index contributed by atoms with van der Waals surface area (Å²) in [5, 5.41) is 10.3. The lowest BCUT2D eigenvalue weighted by atomic mass is 9.60. The van der Waals surface area contributed by atoms with Crippen LogP contribution in [0, 0.1) is 11.3 Å². The summed E-state index contributed by atoms with van der Waals surface area (Å²) in [4.78, 5) is 0. The first kappa shape index (κ1) is 13.7. The Bertz CT molecular complexity index is 1010. The molecule has 3 aliphatic carbocycles. The molecule has 24 heavy (non-hydrogen) atoms. The first-order valence-corrected chi connectivity index (χ1v) is 8.29. The predicted molar refractivity (Wildman–Crippen MR) is 95.4 cm³/mol. The van der Waals surface area contributed by atoms with Crippen LogP contribution < -0.4 is 5.73 Å². The van der Waals surface area contributed by atoms with Gasteiger partial charge in [0.2, 0.25) is 0 Å². The average molecular weight is 329 g/mol. The van der Waals surface area contributed by atoms with Gasteiger partial charge in [-0.1, -0.05) is 60.1 Å². The zero-order chi connectivity index (χ0) is 16.4. The van der Waals surface area contributed by atoms with Crippen LogP contribution in [0.2, 0.25) is 5.02 Å². The molecular weight excluding hydrogens is 316 g/mol. The van der Waals surface area contributed by atoms with Crippen molar-refractivity contribution in [3.63, 3.8) is 0 Å². The molecule has 3 aromatic rings. The summed E-state index contributed by atoms with van der Waals surface area (Å²) in [5.41, 5.74) is 14.3. The number of anilines is 1. The highest BCUT2D eigenvalue weighted by atomic mass is 35.5. The summed E-state index contributed by atoms with van der Waals surface area (Å²) >= 11 is 6.63. The second kappa shape index (κ2) is 4.63. The van der Waals surface area contributed by atoms with Crippen LogP contribution in [0.3, 0.4) is 0 Å². The van der Waals surface area contributed by atoms with Gasteiger partial charge in [-0.15, -0.1) is 0 Å². The van der Waals surface area contributed by atoms with E-state index in [0.29, 0.717) is 16.3 Å². The molecule has 3 aromatic carbocycles. The Morgan fingerprint density at radius 3 is 1.75 bits per heavy atom. The molecule has 0 atom stereocenters. The summed E-state index contributed by atoms with van der Waals surface area (Å²) < 4.78 is 0. The summed E-state index contributed by atoms with van der Waals surface area (Å²) in [6.45, 7) is 0. The molecule has 0 fully saturated rings. The van der Waals surface area contributed by atoms with Crippen molar-refractivity contribution < 1.29 is 0 Å². The summed E-state index contributed by atoms with van der Waals surface area (Å²) in [6, 6.07) is 21.0. The molecule has 2 N–H and O–H groups in total. The Morgan fingerprint density at radius 1 is 0.833 bits per heavy atom. The van der Waals surface area contributed by atoms with Gasteiger partial charge in [0.1, 0.15) is 0 Å². The van der Waals surface area contributed by atoms with E-state index in [1.54, 1.807) is 6.07 Å². The summed E-state index contributed by atoms with van der Waals surface area (Å²) in [6.07, 6.45) is 0. The zero-order valence-corrected chi connectivity index (χ0v) is 13.5. The maximum Gasteiger partial charge on any atom is 0.0995 e. The minimum absolute atomic E-state index is 0.0421. The number of hydrogen-bond acceptors (Lipinski definition) is 2. The molecule has 0 radical (unpaired) electrons. The SMILES string of the molecule is N#Cc1cc(N)c(Cl)c2c1C1c3ccccc3C2c2ccccc21. The van der Waals surface area contributed by atoms with Crippen LogP contribution >= 0.6 is 11.6 Å². The number of halogens is 1. The molecule has 0 heterocycles.